The smallest absolute Gasteiger partial charge is 0.287 e. The molecule has 2 N–H and O–H groups in total. The Morgan fingerprint density at radius 2 is 2.29 bits per heavy atom. The van der Waals surface area contributed by atoms with E-state index in [4.69, 9.17) is 9.15 Å². The van der Waals surface area contributed by atoms with E-state index >= 15 is 0 Å². The summed E-state index contributed by atoms with van der Waals surface area (Å²) in [5, 5.41) is 5.35. The maximum absolute atomic E-state index is 11.8. The monoisotopic (exact) mass is 294 g/mol. The molecule has 1 saturated carbocycles. The molecule has 2 rings (SSSR count). The molecular weight excluding hydrogens is 272 g/mol. The minimum Gasteiger partial charge on any atom is -0.459 e. The molecule has 0 bridgehead atoms. The van der Waals surface area contributed by atoms with Gasteiger partial charge in [0.1, 0.15) is 6.04 Å². The molecule has 0 aliphatic heterocycles. The van der Waals surface area contributed by atoms with Crippen LogP contribution in [0.15, 0.2) is 22.8 Å². The van der Waals surface area contributed by atoms with Crippen LogP contribution in [0.4, 0.5) is 0 Å². The molecule has 116 valence electrons. The van der Waals surface area contributed by atoms with E-state index in [9.17, 15) is 9.59 Å². The molecule has 1 aliphatic rings. The van der Waals surface area contributed by atoms with Gasteiger partial charge < -0.3 is 19.8 Å². The van der Waals surface area contributed by atoms with E-state index in [1.54, 1.807) is 19.1 Å². The number of carbonyl (C=O) groups excluding carboxylic acids is 2. The molecular formula is C15H22N2O4. The van der Waals surface area contributed by atoms with Gasteiger partial charge in [-0.2, -0.15) is 0 Å². The van der Waals surface area contributed by atoms with Crippen molar-refractivity contribution in [2.75, 3.05) is 19.8 Å². The third-order valence-corrected chi connectivity index (χ3v) is 3.30. The molecule has 1 aromatic heterocycles. The zero-order valence-electron chi connectivity index (χ0n) is 12.3. The lowest BCUT2D eigenvalue weighted by atomic mass is 10.3. The molecule has 1 aliphatic carbocycles. The molecule has 1 atom stereocenters. The number of carbonyl (C=O) groups is 2. The summed E-state index contributed by atoms with van der Waals surface area (Å²) in [5.74, 6) is 0.354. The predicted molar refractivity (Wildman–Crippen MR) is 76.8 cm³/mol. The van der Waals surface area contributed by atoms with Crippen LogP contribution in [-0.2, 0) is 9.53 Å². The molecule has 2 amide bonds. The second-order valence-electron chi connectivity index (χ2n) is 5.34. The summed E-state index contributed by atoms with van der Waals surface area (Å²) in [7, 11) is 0. The van der Waals surface area contributed by atoms with Crippen LogP contribution in [0.1, 0.15) is 36.7 Å². The van der Waals surface area contributed by atoms with Crippen LogP contribution in [0.5, 0.6) is 0 Å². The molecule has 6 nitrogen and oxygen atoms in total. The Balaban J connectivity index is 1.55. The average molecular weight is 294 g/mol. The third kappa shape index (κ3) is 5.59. The SMILES string of the molecule is CC(NC(=O)c1ccco1)C(=O)NCCCOCC1CC1. The maximum Gasteiger partial charge on any atom is 0.287 e. The van der Waals surface area contributed by atoms with Crippen molar-refractivity contribution < 1.29 is 18.7 Å². The lowest BCUT2D eigenvalue weighted by Gasteiger charge is -2.13. The molecule has 1 aromatic rings. The first kappa shape index (κ1) is 15.6. The molecule has 0 saturated heterocycles. The molecule has 1 fully saturated rings. The summed E-state index contributed by atoms with van der Waals surface area (Å²) in [5.41, 5.74) is 0. The lowest BCUT2D eigenvalue weighted by molar-refractivity contribution is -0.122. The van der Waals surface area contributed by atoms with Gasteiger partial charge in [0.2, 0.25) is 5.91 Å². The van der Waals surface area contributed by atoms with Crippen molar-refractivity contribution in [3.8, 4) is 0 Å². The summed E-state index contributed by atoms with van der Waals surface area (Å²) in [6, 6.07) is 2.58. The molecule has 21 heavy (non-hydrogen) atoms. The topological polar surface area (TPSA) is 80.6 Å². The number of furan rings is 1. The van der Waals surface area contributed by atoms with Crippen LogP contribution >= 0.6 is 0 Å². The summed E-state index contributed by atoms with van der Waals surface area (Å²) < 4.78 is 10.4. The summed E-state index contributed by atoms with van der Waals surface area (Å²) in [4.78, 5) is 23.5. The van der Waals surface area contributed by atoms with E-state index in [0.29, 0.717) is 13.2 Å². The lowest BCUT2D eigenvalue weighted by Crippen LogP contribution is -2.45. The van der Waals surface area contributed by atoms with Crippen molar-refractivity contribution in [1.29, 1.82) is 0 Å². The van der Waals surface area contributed by atoms with Gasteiger partial charge >= 0.3 is 0 Å². The van der Waals surface area contributed by atoms with E-state index in [0.717, 1.165) is 18.9 Å². The second kappa shape index (κ2) is 7.83. The van der Waals surface area contributed by atoms with Gasteiger partial charge in [0.15, 0.2) is 5.76 Å². The predicted octanol–water partition coefficient (Wildman–Crippen LogP) is 1.33. The van der Waals surface area contributed by atoms with E-state index < -0.39 is 11.9 Å². The van der Waals surface area contributed by atoms with E-state index in [2.05, 4.69) is 10.6 Å². The van der Waals surface area contributed by atoms with Crippen molar-refractivity contribution >= 4 is 11.8 Å². The quantitative estimate of drug-likeness (QED) is 0.673. The highest BCUT2D eigenvalue weighted by molar-refractivity contribution is 5.95. The van der Waals surface area contributed by atoms with Crippen LogP contribution in [-0.4, -0.2) is 37.6 Å². The molecule has 0 spiro atoms. The fourth-order valence-electron chi connectivity index (χ4n) is 1.81. The highest BCUT2D eigenvalue weighted by Gasteiger charge is 2.21. The minimum atomic E-state index is -0.602. The van der Waals surface area contributed by atoms with Crippen LogP contribution in [0.25, 0.3) is 0 Å². The van der Waals surface area contributed by atoms with E-state index in [1.165, 1.54) is 19.1 Å². The number of nitrogens with one attached hydrogen (secondary N) is 2. The Labute approximate surface area is 124 Å². The fourth-order valence-corrected chi connectivity index (χ4v) is 1.81. The summed E-state index contributed by atoms with van der Waals surface area (Å²) >= 11 is 0. The number of ether oxygens (including phenoxy) is 1. The summed E-state index contributed by atoms with van der Waals surface area (Å²) in [6.07, 6.45) is 4.76. The van der Waals surface area contributed by atoms with Gasteiger partial charge in [-0.1, -0.05) is 0 Å². The Bertz CT molecular complexity index is 454. The largest absolute Gasteiger partial charge is 0.459 e. The van der Waals surface area contributed by atoms with Gasteiger partial charge in [-0.3, -0.25) is 9.59 Å². The Hall–Kier alpha value is -1.82. The minimum absolute atomic E-state index is 0.197. The van der Waals surface area contributed by atoms with Gasteiger partial charge in [0.05, 0.1) is 6.26 Å². The second-order valence-corrected chi connectivity index (χ2v) is 5.34. The van der Waals surface area contributed by atoms with Gasteiger partial charge in [-0.05, 0) is 44.2 Å². The molecule has 0 radical (unpaired) electrons. The Morgan fingerprint density at radius 3 is 2.95 bits per heavy atom. The number of hydrogen-bond donors (Lipinski definition) is 2. The van der Waals surface area contributed by atoms with Crippen LogP contribution < -0.4 is 10.6 Å². The first-order chi connectivity index (χ1) is 10.2. The number of hydrogen-bond acceptors (Lipinski definition) is 4. The number of rotatable bonds is 9. The fraction of sp³-hybridized carbons (Fsp3) is 0.600. The Morgan fingerprint density at radius 1 is 1.48 bits per heavy atom. The van der Waals surface area contributed by atoms with Gasteiger partial charge in [-0.15, -0.1) is 0 Å². The highest BCUT2D eigenvalue weighted by Crippen LogP contribution is 2.28. The average Bonchev–Trinajstić information content (AvgIpc) is 3.12. The van der Waals surface area contributed by atoms with Crippen LogP contribution in [0.3, 0.4) is 0 Å². The summed E-state index contributed by atoms with van der Waals surface area (Å²) in [6.45, 7) is 3.68. The Kier molecular flexibility index (Phi) is 5.80. The normalized spacial score (nSPS) is 15.5. The standard InChI is InChI=1S/C15H22N2O4/c1-11(17-15(19)13-4-2-9-21-13)14(18)16-7-3-8-20-10-12-5-6-12/h2,4,9,11-12H,3,5-8,10H2,1H3,(H,16,18)(H,17,19). The third-order valence-electron chi connectivity index (χ3n) is 3.30. The van der Waals surface area contributed by atoms with Crippen molar-refractivity contribution in [1.82, 2.24) is 10.6 Å². The molecule has 1 unspecified atom stereocenters. The first-order valence-corrected chi connectivity index (χ1v) is 7.36. The van der Waals surface area contributed by atoms with Gasteiger partial charge in [0, 0.05) is 19.8 Å². The molecule has 0 aromatic carbocycles. The van der Waals surface area contributed by atoms with Crippen molar-refractivity contribution in [2.24, 2.45) is 5.92 Å². The number of amides is 2. The van der Waals surface area contributed by atoms with Gasteiger partial charge in [0.25, 0.3) is 5.91 Å². The van der Waals surface area contributed by atoms with E-state index in [1.807, 2.05) is 0 Å². The van der Waals surface area contributed by atoms with Crippen molar-refractivity contribution in [3.05, 3.63) is 24.2 Å². The molecule has 6 heteroatoms. The zero-order valence-corrected chi connectivity index (χ0v) is 12.3. The van der Waals surface area contributed by atoms with Crippen molar-refractivity contribution in [3.63, 3.8) is 0 Å². The first-order valence-electron chi connectivity index (χ1n) is 7.36. The maximum atomic E-state index is 11.8. The van der Waals surface area contributed by atoms with E-state index in [-0.39, 0.29) is 11.7 Å². The van der Waals surface area contributed by atoms with Crippen LogP contribution in [0, 0.1) is 5.92 Å². The molecule has 1 heterocycles. The van der Waals surface area contributed by atoms with Crippen molar-refractivity contribution in [2.45, 2.75) is 32.2 Å². The van der Waals surface area contributed by atoms with Crippen LogP contribution in [0.2, 0.25) is 0 Å². The zero-order chi connectivity index (χ0) is 15.1. The highest BCUT2D eigenvalue weighted by atomic mass is 16.5. The van der Waals surface area contributed by atoms with Gasteiger partial charge in [-0.25, -0.2) is 0 Å².